The summed E-state index contributed by atoms with van der Waals surface area (Å²) in [5.41, 5.74) is 5.55. The molecule has 1 atom stereocenters. The molecule has 0 bridgehead atoms. The van der Waals surface area contributed by atoms with Crippen LogP contribution in [0, 0.1) is 19.8 Å². The number of ether oxygens (including phenoxy) is 1. The molecule has 32 heavy (non-hydrogen) atoms. The molecule has 0 radical (unpaired) electrons. The van der Waals surface area contributed by atoms with Crippen molar-refractivity contribution in [3.05, 3.63) is 58.7 Å². The number of carbonyl (C=O) groups excluding carboxylic acids is 1. The van der Waals surface area contributed by atoms with Gasteiger partial charge in [0.05, 0.1) is 12.8 Å². The Morgan fingerprint density at radius 2 is 1.81 bits per heavy atom. The van der Waals surface area contributed by atoms with Crippen molar-refractivity contribution in [3.63, 3.8) is 0 Å². The van der Waals surface area contributed by atoms with Crippen molar-refractivity contribution in [2.24, 2.45) is 5.92 Å². The van der Waals surface area contributed by atoms with E-state index in [9.17, 15) is 4.79 Å². The first-order chi connectivity index (χ1) is 15.4. The van der Waals surface area contributed by atoms with Gasteiger partial charge in [-0.1, -0.05) is 30.7 Å². The molecule has 0 saturated carbocycles. The Hall–Kier alpha value is -2.53. The molecule has 2 aromatic rings. The first-order valence-corrected chi connectivity index (χ1v) is 12.0. The van der Waals surface area contributed by atoms with Gasteiger partial charge in [0.2, 0.25) is 0 Å². The molecule has 2 fully saturated rings. The maximum atomic E-state index is 13.1. The van der Waals surface area contributed by atoms with Crippen molar-refractivity contribution in [1.29, 1.82) is 0 Å². The van der Waals surface area contributed by atoms with Gasteiger partial charge in [0.1, 0.15) is 5.75 Å². The van der Waals surface area contributed by atoms with Gasteiger partial charge in [0, 0.05) is 44.8 Å². The van der Waals surface area contributed by atoms with Crippen molar-refractivity contribution in [3.8, 4) is 5.75 Å². The third-order valence-electron chi connectivity index (χ3n) is 6.91. The lowest BCUT2D eigenvalue weighted by atomic mass is 9.99. The van der Waals surface area contributed by atoms with Crippen LogP contribution in [0.5, 0.6) is 5.75 Å². The molecule has 172 valence electrons. The number of piperidine rings is 1. The van der Waals surface area contributed by atoms with Gasteiger partial charge in [-0.05, 0) is 68.5 Å². The molecule has 5 nitrogen and oxygen atoms in total. The lowest BCUT2D eigenvalue weighted by Crippen LogP contribution is -2.49. The van der Waals surface area contributed by atoms with Crippen LogP contribution in [0.1, 0.15) is 46.8 Å². The van der Waals surface area contributed by atoms with Crippen LogP contribution in [0.2, 0.25) is 0 Å². The lowest BCUT2D eigenvalue weighted by molar-refractivity contribution is 0.0746. The average molecular weight is 436 g/mol. The summed E-state index contributed by atoms with van der Waals surface area (Å²) in [4.78, 5) is 20.0. The van der Waals surface area contributed by atoms with Crippen molar-refractivity contribution in [2.45, 2.75) is 40.2 Å². The summed E-state index contributed by atoms with van der Waals surface area (Å²) in [6.45, 7) is 12.9. The number of anilines is 1. The number of likely N-dealkylation sites (tertiary alicyclic amines) is 1. The zero-order valence-electron chi connectivity index (χ0n) is 20.1. The smallest absolute Gasteiger partial charge is 0.254 e. The number of nitrogens with zero attached hydrogens (tertiary/aromatic N) is 3. The van der Waals surface area contributed by atoms with Gasteiger partial charge < -0.3 is 14.5 Å². The largest absolute Gasteiger partial charge is 0.495 e. The van der Waals surface area contributed by atoms with E-state index in [-0.39, 0.29) is 5.91 Å². The van der Waals surface area contributed by atoms with E-state index in [1.165, 1.54) is 37.1 Å². The number of hydrogen-bond acceptors (Lipinski definition) is 4. The molecule has 0 aliphatic carbocycles. The Bertz CT molecular complexity index is 950. The molecule has 4 rings (SSSR count). The molecule has 5 heteroatoms. The molecule has 2 aliphatic rings. The van der Waals surface area contributed by atoms with Gasteiger partial charge >= 0.3 is 0 Å². The Morgan fingerprint density at radius 1 is 1.03 bits per heavy atom. The normalized spacial score (nSPS) is 19.8. The van der Waals surface area contributed by atoms with Crippen LogP contribution in [0.15, 0.2) is 36.4 Å². The third kappa shape index (κ3) is 5.09. The molecule has 1 amide bonds. The standard InChI is InChI=1S/C27H37N3O2/c1-20-7-9-24(22(3)16-20)27(31)30-14-12-29(13-15-30)25-17-23(8-10-26(25)32-4)19-28-11-5-6-21(2)18-28/h7-10,16-17,21H,5-6,11-15,18-19H2,1-4H3. The molecular formula is C27H37N3O2. The van der Waals surface area contributed by atoms with Crippen LogP contribution in [-0.4, -0.2) is 62.1 Å². The topological polar surface area (TPSA) is 36.0 Å². The van der Waals surface area contributed by atoms with Crippen LogP contribution in [0.25, 0.3) is 0 Å². The summed E-state index contributed by atoms with van der Waals surface area (Å²) in [7, 11) is 1.74. The van der Waals surface area contributed by atoms with E-state index < -0.39 is 0 Å². The van der Waals surface area contributed by atoms with Gasteiger partial charge in [-0.3, -0.25) is 9.69 Å². The van der Waals surface area contributed by atoms with Crippen LogP contribution >= 0.6 is 0 Å². The molecule has 2 aliphatic heterocycles. The van der Waals surface area contributed by atoms with Crippen molar-refractivity contribution < 1.29 is 9.53 Å². The number of carbonyl (C=O) groups is 1. The highest BCUT2D eigenvalue weighted by atomic mass is 16.5. The Morgan fingerprint density at radius 3 is 2.50 bits per heavy atom. The predicted molar refractivity (Wildman–Crippen MR) is 131 cm³/mol. The molecule has 2 aromatic carbocycles. The summed E-state index contributed by atoms with van der Waals surface area (Å²) in [6, 6.07) is 12.7. The minimum absolute atomic E-state index is 0.141. The van der Waals surface area contributed by atoms with E-state index >= 15 is 0 Å². The SMILES string of the molecule is COc1ccc(CN2CCCC(C)C2)cc1N1CCN(C(=O)c2ccc(C)cc2C)CC1. The van der Waals surface area contributed by atoms with E-state index in [2.05, 4.69) is 47.9 Å². The van der Waals surface area contributed by atoms with E-state index in [4.69, 9.17) is 4.74 Å². The second-order valence-corrected chi connectivity index (χ2v) is 9.59. The summed E-state index contributed by atoms with van der Waals surface area (Å²) < 4.78 is 5.70. The first-order valence-electron chi connectivity index (χ1n) is 12.0. The minimum atomic E-state index is 0.141. The van der Waals surface area contributed by atoms with Crippen LogP contribution in [0.4, 0.5) is 5.69 Å². The second kappa shape index (κ2) is 9.95. The second-order valence-electron chi connectivity index (χ2n) is 9.59. The van der Waals surface area contributed by atoms with Crippen molar-refractivity contribution >= 4 is 11.6 Å². The Kier molecular flexibility index (Phi) is 7.04. The molecular weight excluding hydrogens is 398 g/mol. The minimum Gasteiger partial charge on any atom is -0.495 e. The number of hydrogen-bond donors (Lipinski definition) is 0. The van der Waals surface area contributed by atoms with Crippen LogP contribution < -0.4 is 9.64 Å². The van der Waals surface area contributed by atoms with E-state index in [1.807, 2.05) is 24.0 Å². The predicted octanol–water partition coefficient (Wildman–Crippen LogP) is 4.51. The highest BCUT2D eigenvalue weighted by Crippen LogP contribution is 2.31. The highest BCUT2D eigenvalue weighted by Gasteiger charge is 2.25. The van der Waals surface area contributed by atoms with Crippen molar-refractivity contribution in [1.82, 2.24) is 9.80 Å². The number of methoxy groups -OCH3 is 1. The van der Waals surface area contributed by atoms with Crippen LogP contribution in [0.3, 0.4) is 0 Å². The third-order valence-corrected chi connectivity index (χ3v) is 6.91. The van der Waals surface area contributed by atoms with Gasteiger partial charge in [0.25, 0.3) is 5.91 Å². The first kappa shape index (κ1) is 22.7. The fraction of sp³-hybridized carbons (Fsp3) is 0.519. The quantitative estimate of drug-likeness (QED) is 0.693. The Balaban J connectivity index is 1.43. The zero-order chi connectivity index (χ0) is 22.7. The number of piperazine rings is 1. The number of rotatable bonds is 5. The molecule has 0 spiro atoms. The summed E-state index contributed by atoms with van der Waals surface area (Å²) in [6.07, 6.45) is 2.64. The van der Waals surface area contributed by atoms with E-state index in [0.29, 0.717) is 0 Å². The molecule has 1 unspecified atom stereocenters. The number of amides is 1. The maximum Gasteiger partial charge on any atom is 0.254 e. The fourth-order valence-corrected chi connectivity index (χ4v) is 5.14. The van der Waals surface area contributed by atoms with E-state index in [1.54, 1.807) is 7.11 Å². The van der Waals surface area contributed by atoms with Gasteiger partial charge in [-0.2, -0.15) is 0 Å². The monoisotopic (exact) mass is 435 g/mol. The zero-order valence-corrected chi connectivity index (χ0v) is 20.1. The average Bonchev–Trinajstić information content (AvgIpc) is 2.79. The van der Waals surface area contributed by atoms with Crippen molar-refractivity contribution in [2.75, 3.05) is 51.3 Å². The summed E-state index contributed by atoms with van der Waals surface area (Å²) >= 11 is 0. The highest BCUT2D eigenvalue weighted by molar-refractivity contribution is 5.95. The number of benzene rings is 2. The van der Waals surface area contributed by atoms with Crippen LogP contribution in [-0.2, 0) is 6.54 Å². The summed E-state index contributed by atoms with van der Waals surface area (Å²) in [5, 5.41) is 0. The molecule has 0 N–H and O–H groups in total. The summed E-state index contributed by atoms with van der Waals surface area (Å²) in [5.74, 6) is 1.83. The maximum absolute atomic E-state index is 13.1. The molecule has 2 heterocycles. The Labute approximate surface area is 193 Å². The fourth-order valence-electron chi connectivity index (χ4n) is 5.14. The molecule has 0 aromatic heterocycles. The number of aryl methyl sites for hydroxylation is 2. The lowest BCUT2D eigenvalue weighted by Gasteiger charge is -2.37. The van der Waals surface area contributed by atoms with Gasteiger partial charge in [-0.15, -0.1) is 0 Å². The van der Waals surface area contributed by atoms with E-state index in [0.717, 1.165) is 61.2 Å². The van der Waals surface area contributed by atoms with Gasteiger partial charge in [-0.25, -0.2) is 0 Å². The van der Waals surface area contributed by atoms with Gasteiger partial charge in [0.15, 0.2) is 0 Å². The molecule has 2 saturated heterocycles.